The van der Waals surface area contributed by atoms with Gasteiger partial charge in [-0.15, -0.1) is 24.8 Å². The monoisotopic (exact) mass is 1570 g/mol. The average Bonchev–Trinajstić information content (AvgIpc) is 1.73. The molecule has 106 heavy (non-hydrogen) atoms. The smallest absolute Gasteiger partial charge is 0.411 e. The topological polar surface area (TPSA) is 345 Å². The van der Waals surface area contributed by atoms with Gasteiger partial charge in [-0.05, 0) is 50.3 Å². The van der Waals surface area contributed by atoms with Gasteiger partial charge in [0.25, 0.3) is 0 Å². The number of esters is 5. The first-order valence-electron chi connectivity index (χ1n) is 33.0. The largest absolute Gasteiger partial charge is 0.481 e. The van der Waals surface area contributed by atoms with Crippen molar-refractivity contribution in [2.75, 3.05) is 73.6 Å². The highest BCUT2D eigenvalue weighted by Gasteiger charge is 2.46. The molecular weight excluding hydrogens is 1480 g/mol. The van der Waals surface area contributed by atoms with Gasteiger partial charge in [-0.2, -0.15) is 0 Å². The van der Waals surface area contributed by atoms with Crippen molar-refractivity contribution in [3.05, 3.63) is 214 Å². The fourth-order valence-electron chi connectivity index (χ4n) is 11.4. The molecule has 7 N–H and O–H groups in total. The van der Waals surface area contributed by atoms with Gasteiger partial charge in [0.05, 0.1) is 85.1 Å². The Kier molecular flexibility index (Phi) is 44.4. The van der Waals surface area contributed by atoms with Gasteiger partial charge < -0.3 is 59.9 Å². The maximum atomic E-state index is 11.9. The fraction of sp³-hybridized carbons (Fsp3) is 0.434. The number of ether oxygens (including phenoxy) is 6. The minimum atomic E-state index is -0.857. The van der Waals surface area contributed by atoms with Gasteiger partial charge >= 0.3 is 41.9 Å². The maximum Gasteiger partial charge on any atom is 0.411 e. The molecule has 0 unspecified atom stereocenters. The fourth-order valence-corrected chi connectivity index (χ4v) is 11.8. The Balaban J connectivity index is 0.000000626. The number of halogens is 3. The van der Waals surface area contributed by atoms with E-state index in [0.717, 1.165) is 34.1 Å². The number of Topliss-reactive ketones (excluding diaryl/α,β-unsaturated/α-hetero) is 1. The van der Waals surface area contributed by atoms with Crippen molar-refractivity contribution < 1.29 is 81.5 Å². The molecule has 0 aliphatic carbocycles. The number of ketones is 1. The molecule has 10 atom stereocenters. The summed E-state index contributed by atoms with van der Waals surface area (Å²) in [7, 11) is 6.71. The summed E-state index contributed by atoms with van der Waals surface area (Å²) in [6.45, 7) is 30.3. The summed E-state index contributed by atoms with van der Waals surface area (Å²) >= 11 is 3.10. The van der Waals surface area contributed by atoms with E-state index in [0.29, 0.717) is 83.2 Å². The van der Waals surface area contributed by atoms with Crippen molar-refractivity contribution in [2.24, 2.45) is 17.6 Å². The highest BCUT2D eigenvalue weighted by atomic mass is 79.9. The molecule has 574 valence electrons. The summed E-state index contributed by atoms with van der Waals surface area (Å²) in [5.41, 5.74) is 9.51. The second-order valence-electron chi connectivity index (χ2n) is 25.1. The summed E-state index contributed by atoms with van der Waals surface area (Å²) in [4.78, 5) is 130. The van der Waals surface area contributed by atoms with Crippen LogP contribution in [0.5, 0.6) is 0 Å². The molecule has 5 aliphatic heterocycles. The van der Waals surface area contributed by atoms with Crippen molar-refractivity contribution in [3.8, 4) is 0 Å². The Morgan fingerprint density at radius 1 is 0.519 bits per heavy atom. The van der Waals surface area contributed by atoms with E-state index in [1.807, 2.05) is 154 Å². The first kappa shape index (κ1) is 94.3. The van der Waals surface area contributed by atoms with Gasteiger partial charge in [0.2, 0.25) is 24.0 Å². The molecule has 0 saturated carbocycles. The molecule has 0 spiro atoms. The second kappa shape index (κ2) is 49.9. The zero-order valence-corrected chi connectivity index (χ0v) is 64.0. The number of rotatable bonds is 16. The van der Waals surface area contributed by atoms with Crippen molar-refractivity contribution in [1.82, 2.24) is 31.1 Å². The molecular formula is C76H97BrCl2N10O17. The molecule has 5 aromatic carbocycles. The van der Waals surface area contributed by atoms with Gasteiger partial charge in [-0.3, -0.25) is 63.3 Å². The van der Waals surface area contributed by atoms with Crippen LogP contribution < -0.4 is 17.2 Å². The number of amides is 2. The molecule has 5 fully saturated rings. The third-order valence-corrected chi connectivity index (χ3v) is 17.2. The van der Waals surface area contributed by atoms with Crippen molar-refractivity contribution >= 4 is 101 Å². The lowest BCUT2D eigenvalue weighted by molar-refractivity contribution is -0.147. The molecule has 0 bridgehead atoms. The molecule has 30 heteroatoms. The number of alkyl halides is 1. The lowest BCUT2D eigenvalue weighted by Crippen LogP contribution is -2.43. The van der Waals surface area contributed by atoms with Crippen LogP contribution in [0.25, 0.3) is 14.5 Å². The number of nitrogens with zero attached hydrogens (tertiary/aromatic N) is 7. The van der Waals surface area contributed by atoms with Crippen LogP contribution in [0, 0.1) is 31.6 Å². The normalized spacial score (nSPS) is 20.9. The number of likely N-dealkylation sites (tertiary alicyclic amines) is 4. The number of aliphatic carboxylic acids is 1. The number of methoxy groups -OCH3 is 5. The van der Waals surface area contributed by atoms with Gasteiger partial charge in [0, 0.05) is 43.9 Å². The molecule has 27 nitrogen and oxygen atoms in total. The van der Waals surface area contributed by atoms with Crippen LogP contribution in [0.4, 0.5) is 4.79 Å². The van der Waals surface area contributed by atoms with Crippen molar-refractivity contribution in [1.29, 1.82) is 0 Å². The molecule has 5 aliphatic rings. The molecule has 5 saturated heterocycles. The van der Waals surface area contributed by atoms with Crippen LogP contribution in [0.15, 0.2) is 152 Å². The molecule has 10 rings (SSSR count). The SMILES string of the molecule is COC(=O)[C@@H]1C[C@@H](C(=O)O)CN1Cc1ccccc1.COC(=O)[C@@H]1C[C@@H](C(N)=O)CN1Cc1ccccc1.Cl.Cl.N.O=C(CBr)c1ccccc1.O=Cc1ccccc1.[C-]#[N+][C@@H]1C[C@@H](C(=O)OC)N(C(=O)OC(C)(C)C)C1.[C-]#[N+][C@@H]1C[C@@H](C(=O)OC)N(Cc2ccccc2)C1.[C-]#[N+][C@H]1CN[C@H](C(=O)OC)C1. The first-order valence-corrected chi connectivity index (χ1v) is 34.2. The molecule has 5 aromatic rings. The number of aldehydes is 1. The van der Waals surface area contributed by atoms with Crippen molar-refractivity contribution in [3.63, 3.8) is 0 Å². The van der Waals surface area contributed by atoms with Crippen molar-refractivity contribution in [2.45, 2.75) is 126 Å². The first-order chi connectivity index (χ1) is 49.3. The van der Waals surface area contributed by atoms with Gasteiger partial charge in [-0.1, -0.05) is 168 Å². The molecule has 2 amide bonds. The number of benzene rings is 5. The minimum absolute atomic E-state index is 0. The summed E-state index contributed by atoms with van der Waals surface area (Å²) in [5.74, 6) is -3.56. The Morgan fingerprint density at radius 3 is 1.24 bits per heavy atom. The maximum absolute atomic E-state index is 11.9. The Hall–Kier alpha value is -9.67. The van der Waals surface area contributed by atoms with Crippen LogP contribution in [-0.2, 0) is 81.6 Å². The predicted molar refractivity (Wildman–Crippen MR) is 404 cm³/mol. The van der Waals surface area contributed by atoms with E-state index in [9.17, 15) is 47.9 Å². The van der Waals surface area contributed by atoms with E-state index >= 15 is 0 Å². The van der Waals surface area contributed by atoms with Crippen LogP contribution in [0.2, 0.25) is 0 Å². The average molecular weight is 1570 g/mol. The van der Waals surface area contributed by atoms with E-state index in [1.54, 1.807) is 32.9 Å². The van der Waals surface area contributed by atoms with Crippen LogP contribution in [-0.4, -0.2) is 212 Å². The van der Waals surface area contributed by atoms with E-state index < -0.39 is 41.6 Å². The van der Waals surface area contributed by atoms with E-state index in [-0.39, 0.29) is 115 Å². The molecule has 5 heterocycles. The quantitative estimate of drug-likeness (QED) is 0.0178. The highest BCUT2D eigenvalue weighted by molar-refractivity contribution is 9.09. The van der Waals surface area contributed by atoms with Crippen LogP contribution in [0.3, 0.4) is 0 Å². The summed E-state index contributed by atoms with van der Waals surface area (Å²) in [6, 6.07) is 45.2. The van der Waals surface area contributed by atoms with Gasteiger partial charge in [0.15, 0.2) is 5.78 Å². The van der Waals surface area contributed by atoms with Crippen LogP contribution in [0.1, 0.15) is 90.3 Å². The zero-order chi connectivity index (χ0) is 76.0. The Morgan fingerprint density at radius 2 is 0.877 bits per heavy atom. The number of carbonyl (C=O) groups is 10. The Bertz CT molecular complexity index is 3580. The zero-order valence-electron chi connectivity index (χ0n) is 60.8. The summed E-state index contributed by atoms with van der Waals surface area (Å²) < 4.78 is 28.8. The second-order valence-corrected chi connectivity index (χ2v) is 25.7. The third kappa shape index (κ3) is 32.0. The number of hydrogen-bond donors (Lipinski definition) is 4. The number of carbonyl (C=O) groups excluding carboxylic acids is 9. The van der Waals surface area contributed by atoms with E-state index in [2.05, 4.69) is 45.3 Å². The lowest BCUT2D eigenvalue weighted by Gasteiger charge is -2.26. The third-order valence-electron chi connectivity index (χ3n) is 16.7. The van der Waals surface area contributed by atoms with E-state index in [1.165, 1.54) is 40.4 Å². The lowest BCUT2D eigenvalue weighted by atomic mass is 10.1. The number of hydrogen-bond acceptors (Lipinski definition) is 21. The number of carboxylic acids is 1. The minimum Gasteiger partial charge on any atom is -0.481 e. The molecule has 0 radical (unpaired) electrons. The number of nitrogens with two attached hydrogens (primary N) is 1. The number of nitrogens with one attached hydrogen (secondary N) is 1. The summed E-state index contributed by atoms with van der Waals surface area (Å²) in [5, 5.41) is 12.4. The van der Waals surface area contributed by atoms with Gasteiger partial charge in [-0.25, -0.2) is 29.3 Å². The summed E-state index contributed by atoms with van der Waals surface area (Å²) in [6.07, 6.45) is 2.46. The van der Waals surface area contributed by atoms with E-state index in [4.69, 9.17) is 49.5 Å². The standard InChI is InChI=1S/C14H18N2O3.C14H16N2O2.C14H17NO4.C12H18N2O4.C8H7BrO.C7H10N2O2.C7H6O.2ClH.H3N/c1-19-14(18)12-7-11(13(15)17)9-16(12)8-10-5-3-2-4-6-10;1-15-12-8-13(14(17)18-2)16(10-12)9-11-6-4-3-5-7-11;1-19-14(18)12-7-11(13(16)17)9-15(12)8-10-5-3-2-4-6-10;1-12(2,3)18-11(16)14-7-8(13-4)6-9(14)10(15)17-5;9-6-8(10)7-4-2-1-3-5-7;1-8-5-3-6(9-4-5)7(10)11-2;8-6-7-4-2-1-3-5-7;;;/h2-6,11-12H,7-9H2,1H3,(H2,15,17);3-7,12-13H,8-10H2,2H3;2-6,11-12H,7-9H2,1H3,(H,16,17);8-9H,6-7H2,1-3,5H3;1-5H,6H2;5-6,9H,3-4H2,2H3;1-6H;2*1H;1H3/t11-,12+;12-,13+;11-,12+;8-,9+;;5-,6+;;;;/m1111.1..../s1. The van der Waals surface area contributed by atoms with Crippen LogP contribution >= 0.6 is 40.7 Å². The predicted octanol–water partition coefficient (Wildman–Crippen LogP) is 9.43. The Labute approximate surface area is 641 Å². The van der Waals surface area contributed by atoms with Gasteiger partial charge in [0.1, 0.15) is 48.6 Å². The number of carboxylic acid groups (broad SMARTS) is 1. The number of primary amides is 1. The molecule has 0 aromatic heterocycles. The highest BCUT2D eigenvalue weighted by Crippen LogP contribution is 2.29.